The van der Waals surface area contributed by atoms with Gasteiger partial charge in [0.25, 0.3) is 0 Å². The van der Waals surface area contributed by atoms with E-state index in [2.05, 4.69) is 10.6 Å². The molecule has 0 aromatic carbocycles. The van der Waals surface area contributed by atoms with E-state index in [1.165, 1.54) is 0 Å². The first kappa shape index (κ1) is 33.6. The number of ether oxygens (including phenoxy) is 6. The van der Waals surface area contributed by atoms with Gasteiger partial charge in [0, 0.05) is 52.2 Å². The molecule has 208 valence electrons. The van der Waals surface area contributed by atoms with E-state index in [-0.39, 0.29) is 17.9 Å². The summed E-state index contributed by atoms with van der Waals surface area (Å²) in [6.07, 6.45) is 2.12. The Hall–Kier alpha value is -1.38. The zero-order valence-electron chi connectivity index (χ0n) is 21.4. The summed E-state index contributed by atoms with van der Waals surface area (Å²) < 4.78 is 32.2. The van der Waals surface area contributed by atoms with Crippen LogP contribution in [-0.4, -0.2) is 117 Å². The molecule has 0 spiro atoms. The van der Waals surface area contributed by atoms with Crippen molar-refractivity contribution in [1.29, 1.82) is 0 Å². The van der Waals surface area contributed by atoms with E-state index in [0.29, 0.717) is 112 Å². The maximum atomic E-state index is 11.7. The van der Waals surface area contributed by atoms with Crippen molar-refractivity contribution in [3.63, 3.8) is 0 Å². The number of carbonyl (C=O) groups is 2. The molecule has 0 saturated heterocycles. The predicted octanol–water partition coefficient (Wildman–Crippen LogP) is -0.815. The molecule has 1 atom stereocenters. The third kappa shape index (κ3) is 27.1. The highest BCUT2D eigenvalue weighted by Crippen LogP contribution is 1.90. The summed E-state index contributed by atoms with van der Waals surface area (Å²) in [7, 11) is 0. The van der Waals surface area contributed by atoms with E-state index in [1.807, 2.05) is 6.92 Å². The van der Waals surface area contributed by atoms with Crippen molar-refractivity contribution in [3.8, 4) is 0 Å². The number of hydrogen-bond acceptors (Lipinski definition) is 10. The van der Waals surface area contributed by atoms with Crippen LogP contribution in [0.3, 0.4) is 0 Å². The predicted molar refractivity (Wildman–Crippen MR) is 132 cm³/mol. The number of rotatable bonds is 27. The molecule has 12 heteroatoms. The van der Waals surface area contributed by atoms with Crippen LogP contribution < -0.4 is 22.1 Å². The van der Waals surface area contributed by atoms with Crippen molar-refractivity contribution < 1.29 is 38.0 Å². The molecule has 0 rings (SSSR count). The Morgan fingerprint density at radius 2 is 1.06 bits per heavy atom. The van der Waals surface area contributed by atoms with Crippen LogP contribution in [0, 0.1) is 0 Å². The number of carbonyl (C=O) groups excluding carboxylic acids is 2. The van der Waals surface area contributed by atoms with Gasteiger partial charge in [0.2, 0.25) is 11.8 Å². The molecule has 1 unspecified atom stereocenters. The minimum atomic E-state index is -0.0443. The Labute approximate surface area is 210 Å². The molecule has 12 nitrogen and oxygen atoms in total. The summed E-state index contributed by atoms with van der Waals surface area (Å²) in [4.78, 5) is 23.4. The van der Waals surface area contributed by atoms with Crippen molar-refractivity contribution in [1.82, 2.24) is 10.6 Å². The van der Waals surface area contributed by atoms with Crippen LogP contribution in [0.1, 0.15) is 32.6 Å². The van der Waals surface area contributed by atoms with Gasteiger partial charge in [-0.2, -0.15) is 0 Å². The van der Waals surface area contributed by atoms with Gasteiger partial charge in [-0.05, 0) is 19.8 Å². The fourth-order valence-electron chi connectivity index (χ4n) is 2.52. The molecule has 0 heterocycles. The molecule has 35 heavy (non-hydrogen) atoms. The second-order valence-corrected chi connectivity index (χ2v) is 7.67. The smallest absolute Gasteiger partial charge is 0.222 e. The first-order valence-electron chi connectivity index (χ1n) is 12.5. The van der Waals surface area contributed by atoms with Gasteiger partial charge >= 0.3 is 0 Å². The first-order chi connectivity index (χ1) is 17.1. The zero-order valence-corrected chi connectivity index (χ0v) is 21.4. The fourth-order valence-corrected chi connectivity index (χ4v) is 2.52. The lowest BCUT2D eigenvalue weighted by Crippen LogP contribution is -2.27. The second kappa shape index (κ2) is 27.2. The Kier molecular flexibility index (Phi) is 26.1. The standard InChI is InChI=1S/C23H48N4O8/c1-21(20-25)35-19-18-33-12-5-23(29)27-8-3-10-31-15-14-30-9-2-7-26-22(28)4-11-32-16-17-34-13-6-24/h21H,2-20,24-25H2,1H3,(H,26,28)(H,27,29). The third-order valence-corrected chi connectivity index (χ3v) is 4.49. The van der Waals surface area contributed by atoms with Gasteiger partial charge in [-0.15, -0.1) is 0 Å². The first-order valence-corrected chi connectivity index (χ1v) is 12.5. The Balaban J connectivity index is 3.24. The highest BCUT2D eigenvalue weighted by atomic mass is 16.5. The fraction of sp³-hybridized carbons (Fsp3) is 0.913. The molecule has 0 saturated carbocycles. The lowest BCUT2D eigenvalue weighted by molar-refractivity contribution is -0.123. The molecule has 0 bridgehead atoms. The highest BCUT2D eigenvalue weighted by molar-refractivity contribution is 5.76. The molecule has 0 aliphatic rings. The third-order valence-electron chi connectivity index (χ3n) is 4.49. The van der Waals surface area contributed by atoms with E-state index in [0.717, 1.165) is 12.8 Å². The van der Waals surface area contributed by atoms with Gasteiger partial charge < -0.3 is 50.5 Å². The maximum absolute atomic E-state index is 11.7. The van der Waals surface area contributed by atoms with Crippen molar-refractivity contribution in [2.75, 3.05) is 98.9 Å². The topological polar surface area (TPSA) is 166 Å². The minimum absolute atomic E-state index is 0.0185. The quantitative estimate of drug-likeness (QED) is 0.103. The molecule has 0 aromatic heterocycles. The summed E-state index contributed by atoms with van der Waals surface area (Å²) in [6, 6.07) is 0. The molecule has 0 fully saturated rings. The monoisotopic (exact) mass is 508 g/mol. The van der Waals surface area contributed by atoms with Crippen LogP contribution in [-0.2, 0) is 38.0 Å². The average molecular weight is 509 g/mol. The second-order valence-electron chi connectivity index (χ2n) is 7.67. The maximum Gasteiger partial charge on any atom is 0.222 e. The molecule has 0 radical (unpaired) electrons. The van der Waals surface area contributed by atoms with Crippen molar-refractivity contribution in [2.24, 2.45) is 11.5 Å². The highest BCUT2D eigenvalue weighted by Gasteiger charge is 2.03. The van der Waals surface area contributed by atoms with E-state index in [9.17, 15) is 9.59 Å². The molecular weight excluding hydrogens is 460 g/mol. The SMILES string of the molecule is CC(CN)OCCOCCC(=O)NCCCOCCOCCCNC(=O)CCOCCOCCN. The average Bonchev–Trinajstić information content (AvgIpc) is 2.85. The number of hydrogen-bond donors (Lipinski definition) is 4. The summed E-state index contributed by atoms with van der Waals surface area (Å²) in [5.41, 5.74) is 10.8. The summed E-state index contributed by atoms with van der Waals surface area (Å²) >= 11 is 0. The van der Waals surface area contributed by atoms with Crippen LogP contribution in [0.5, 0.6) is 0 Å². The van der Waals surface area contributed by atoms with Crippen LogP contribution in [0.25, 0.3) is 0 Å². The van der Waals surface area contributed by atoms with Crippen molar-refractivity contribution in [3.05, 3.63) is 0 Å². The lowest BCUT2D eigenvalue weighted by Gasteiger charge is -2.10. The lowest BCUT2D eigenvalue weighted by atomic mass is 10.4. The van der Waals surface area contributed by atoms with Gasteiger partial charge in [-0.1, -0.05) is 0 Å². The van der Waals surface area contributed by atoms with Gasteiger partial charge in [-0.3, -0.25) is 9.59 Å². The van der Waals surface area contributed by atoms with E-state index < -0.39 is 0 Å². The largest absolute Gasteiger partial charge is 0.379 e. The van der Waals surface area contributed by atoms with Gasteiger partial charge in [0.05, 0.1) is 65.6 Å². The number of amides is 2. The summed E-state index contributed by atoms with van der Waals surface area (Å²) in [5, 5.41) is 5.66. The Bertz CT molecular complexity index is 488. The number of nitrogens with one attached hydrogen (secondary N) is 2. The molecule has 2 amide bonds. The van der Waals surface area contributed by atoms with Gasteiger partial charge in [-0.25, -0.2) is 0 Å². The molecule has 0 aliphatic carbocycles. The van der Waals surface area contributed by atoms with Crippen LogP contribution in [0.4, 0.5) is 0 Å². The molecule has 6 N–H and O–H groups in total. The van der Waals surface area contributed by atoms with E-state index in [4.69, 9.17) is 39.9 Å². The molecule has 0 aliphatic heterocycles. The normalized spacial score (nSPS) is 12.0. The van der Waals surface area contributed by atoms with Crippen molar-refractivity contribution in [2.45, 2.75) is 38.7 Å². The van der Waals surface area contributed by atoms with Crippen LogP contribution >= 0.6 is 0 Å². The Morgan fingerprint density at radius 1 is 0.629 bits per heavy atom. The molecule has 0 aromatic rings. The minimum Gasteiger partial charge on any atom is -0.379 e. The van der Waals surface area contributed by atoms with Gasteiger partial charge in [0.1, 0.15) is 0 Å². The van der Waals surface area contributed by atoms with E-state index in [1.54, 1.807) is 0 Å². The zero-order chi connectivity index (χ0) is 25.8. The summed E-state index contributed by atoms with van der Waals surface area (Å²) in [5.74, 6) is -0.0875. The Morgan fingerprint density at radius 3 is 1.51 bits per heavy atom. The van der Waals surface area contributed by atoms with Crippen LogP contribution in [0.15, 0.2) is 0 Å². The molecular formula is C23H48N4O8. The van der Waals surface area contributed by atoms with E-state index >= 15 is 0 Å². The number of nitrogens with two attached hydrogens (primary N) is 2. The van der Waals surface area contributed by atoms with Gasteiger partial charge in [0.15, 0.2) is 0 Å². The van der Waals surface area contributed by atoms with Crippen LogP contribution in [0.2, 0.25) is 0 Å². The summed E-state index contributed by atoms with van der Waals surface area (Å²) in [6.45, 7) is 9.19. The van der Waals surface area contributed by atoms with Crippen molar-refractivity contribution >= 4 is 11.8 Å².